The summed E-state index contributed by atoms with van der Waals surface area (Å²) in [4.78, 5) is 25.9. The van der Waals surface area contributed by atoms with E-state index in [0.717, 1.165) is 0 Å². The molecule has 0 aromatic rings. The molecule has 2 aliphatic heterocycles. The third-order valence-corrected chi connectivity index (χ3v) is 4.18. The standard InChI is InChI=1S/C12H20N2O3/c1-3-12(4-2,7-13)14-10(15)8-5-6-9(17-8)11(14)16/h8-9H,3-7,13H2,1-2H3. The van der Waals surface area contributed by atoms with Crippen LogP contribution >= 0.6 is 0 Å². The Labute approximate surface area is 101 Å². The number of rotatable bonds is 4. The first kappa shape index (κ1) is 12.5. The van der Waals surface area contributed by atoms with Gasteiger partial charge in [0.1, 0.15) is 12.2 Å². The normalized spacial score (nSPS) is 29.0. The first-order valence-electron chi connectivity index (χ1n) is 6.33. The first-order valence-corrected chi connectivity index (χ1v) is 6.33. The maximum Gasteiger partial charge on any atom is 0.258 e. The Balaban J connectivity index is 2.35. The number of nitrogens with two attached hydrogens (primary N) is 1. The van der Waals surface area contributed by atoms with Gasteiger partial charge in [0, 0.05) is 6.54 Å². The van der Waals surface area contributed by atoms with Crippen molar-refractivity contribution in [3.63, 3.8) is 0 Å². The molecular formula is C12H20N2O3. The summed E-state index contributed by atoms with van der Waals surface area (Å²) in [5, 5.41) is 0. The number of fused-ring (bicyclic) bond motifs is 2. The molecule has 96 valence electrons. The fourth-order valence-corrected chi connectivity index (χ4v) is 2.81. The van der Waals surface area contributed by atoms with E-state index >= 15 is 0 Å². The lowest BCUT2D eigenvalue weighted by Crippen LogP contribution is -2.64. The fourth-order valence-electron chi connectivity index (χ4n) is 2.81. The number of nitrogens with zero attached hydrogens (tertiary/aromatic N) is 1. The van der Waals surface area contributed by atoms with E-state index in [2.05, 4.69) is 0 Å². The Morgan fingerprint density at radius 3 is 2.06 bits per heavy atom. The summed E-state index contributed by atoms with van der Waals surface area (Å²) < 4.78 is 5.40. The van der Waals surface area contributed by atoms with Crippen molar-refractivity contribution in [1.29, 1.82) is 0 Å². The molecule has 2 amide bonds. The number of ether oxygens (including phenoxy) is 1. The molecule has 0 aromatic carbocycles. The zero-order valence-electron chi connectivity index (χ0n) is 10.4. The molecule has 5 heteroatoms. The van der Waals surface area contributed by atoms with E-state index in [4.69, 9.17) is 10.5 Å². The summed E-state index contributed by atoms with van der Waals surface area (Å²) in [5.41, 5.74) is 5.28. The van der Waals surface area contributed by atoms with E-state index in [9.17, 15) is 9.59 Å². The van der Waals surface area contributed by atoms with Gasteiger partial charge in [-0.1, -0.05) is 13.8 Å². The van der Waals surface area contributed by atoms with E-state index in [1.54, 1.807) is 0 Å². The van der Waals surface area contributed by atoms with Crippen molar-refractivity contribution >= 4 is 11.8 Å². The lowest BCUT2D eigenvalue weighted by Gasteiger charge is -2.44. The van der Waals surface area contributed by atoms with Crippen LogP contribution in [0.3, 0.4) is 0 Å². The molecule has 0 spiro atoms. The highest BCUT2D eigenvalue weighted by Gasteiger charge is 2.52. The summed E-state index contributed by atoms with van der Waals surface area (Å²) in [5.74, 6) is -0.393. The van der Waals surface area contributed by atoms with Gasteiger partial charge in [0.15, 0.2) is 0 Å². The van der Waals surface area contributed by atoms with Crippen molar-refractivity contribution in [2.75, 3.05) is 6.54 Å². The van der Waals surface area contributed by atoms with Gasteiger partial charge in [-0.25, -0.2) is 0 Å². The number of amides is 2. The van der Waals surface area contributed by atoms with Crippen LogP contribution in [0, 0.1) is 0 Å². The largest absolute Gasteiger partial charge is 0.355 e. The molecule has 2 saturated heterocycles. The molecule has 2 aliphatic rings. The van der Waals surface area contributed by atoms with E-state index < -0.39 is 17.7 Å². The van der Waals surface area contributed by atoms with Gasteiger partial charge in [-0.15, -0.1) is 0 Å². The molecule has 0 saturated carbocycles. The van der Waals surface area contributed by atoms with Crippen LogP contribution in [-0.4, -0.2) is 41.0 Å². The van der Waals surface area contributed by atoms with Gasteiger partial charge in [0.25, 0.3) is 11.8 Å². The zero-order chi connectivity index (χ0) is 12.6. The van der Waals surface area contributed by atoms with Crippen LogP contribution in [0.1, 0.15) is 39.5 Å². The number of hydrogen-bond acceptors (Lipinski definition) is 4. The topological polar surface area (TPSA) is 72.6 Å². The Bertz CT molecular complexity index is 308. The van der Waals surface area contributed by atoms with Crippen LogP contribution in [0.15, 0.2) is 0 Å². The highest BCUT2D eigenvalue weighted by atomic mass is 16.5. The lowest BCUT2D eigenvalue weighted by molar-refractivity contribution is -0.177. The van der Waals surface area contributed by atoms with Crippen LogP contribution in [0.4, 0.5) is 0 Å². The molecule has 2 unspecified atom stereocenters. The molecule has 2 rings (SSSR count). The Hall–Kier alpha value is -0.940. The number of likely N-dealkylation sites (tertiary alicyclic amines) is 1. The van der Waals surface area contributed by atoms with Crippen molar-refractivity contribution in [1.82, 2.24) is 4.90 Å². The van der Waals surface area contributed by atoms with Gasteiger partial charge < -0.3 is 10.5 Å². The van der Waals surface area contributed by atoms with Crippen molar-refractivity contribution in [2.24, 2.45) is 5.73 Å². The van der Waals surface area contributed by atoms with Crippen LogP contribution < -0.4 is 5.73 Å². The second-order valence-electron chi connectivity index (χ2n) is 4.84. The third-order valence-electron chi connectivity index (χ3n) is 4.18. The fraction of sp³-hybridized carbons (Fsp3) is 0.833. The number of carbonyl (C=O) groups excluding carboxylic acids is 2. The molecule has 0 aliphatic carbocycles. The molecule has 17 heavy (non-hydrogen) atoms. The van der Waals surface area contributed by atoms with E-state index in [-0.39, 0.29) is 11.8 Å². The van der Waals surface area contributed by atoms with Gasteiger partial charge in [-0.2, -0.15) is 0 Å². The molecule has 2 atom stereocenters. The third kappa shape index (κ3) is 1.68. The molecule has 2 heterocycles. The van der Waals surface area contributed by atoms with Crippen LogP contribution in [-0.2, 0) is 14.3 Å². The summed E-state index contributed by atoms with van der Waals surface area (Å²) in [6.45, 7) is 4.25. The van der Waals surface area contributed by atoms with E-state index in [0.29, 0.717) is 32.2 Å². The van der Waals surface area contributed by atoms with Gasteiger partial charge >= 0.3 is 0 Å². The molecule has 0 radical (unpaired) electrons. The van der Waals surface area contributed by atoms with Crippen LogP contribution in [0.5, 0.6) is 0 Å². The van der Waals surface area contributed by atoms with Gasteiger partial charge in [0.05, 0.1) is 5.54 Å². The number of carbonyl (C=O) groups is 2. The van der Waals surface area contributed by atoms with Crippen molar-refractivity contribution < 1.29 is 14.3 Å². The Kier molecular flexibility index (Phi) is 3.23. The minimum Gasteiger partial charge on any atom is -0.355 e. The average molecular weight is 240 g/mol. The highest BCUT2D eigenvalue weighted by Crippen LogP contribution is 2.35. The zero-order valence-corrected chi connectivity index (χ0v) is 10.4. The average Bonchev–Trinajstić information content (AvgIpc) is 2.80. The van der Waals surface area contributed by atoms with Crippen molar-refractivity contribution in [2.45, 2.75) is 57.3 Å². The molecule has 0 aromatic heterocycles. The Morgan fingerprint density at radius 2 is 1.71 bits per heavy atom. The second-order valence-corrected chi connectivity index (χ2v) is 4.84. The van der Waals surface area contributed by atoms with E-state index in [1.165, 1.54) is 4.90 Å². The number of hydrogen-bond donors (Lipinski definition) is 1. The predicted molar refractivity (Wildman–Crippen MR) is 62.1 cm³/mol. The highest BCUT2D eigenvalue weighted by molar-refractivity contribution is 6.03. The molecule has 5 nitrogen and oxygen atoms in total. The summed E-state index contributed by atoms with van der Waals surface area (Å²) >= 11 is 0. The monoisotopic (exact) mass is 240 g/mol. The molecule has 2 N–H and O–H groups in total. The predicted octanol–water partition coefficient (Wildman–Crippen LogP) is 0.420. The van der Waals surface area contributed by atoms with Crippen LogP contribution in [0.25, 0.3) is 0 Å². The maximum absolute atomic E-state index is 12.2. The van der Waals surface area contributed by atoms with Gasteiger partial charge in [0.2, 0.25) is 0 Å². The van der Waals surface area contributed by atoms with Crippen molar-refractivity contribution in [3.05, 3.63) is 0 Å². The minimum atomic E-state index is -0.529. The van der Waals surface area contributed by atoms with Gasteiger partial charge in [-0.3, -0.25) is 14.5 Å². The second kappa shape index (κ2) is 4.38. The summed E-state index contributed by atoms with van der Waals surface area (Å²) in [6, 6.07) is 0. The van der Waals surface area contributed by atoms with E-state index in [1.807, 2.05) is 13.8 Å². The molecular weight excluding hydrogens is 220 g/mol. The smallest absolute Gasteiger partial charge is 0.258 e. The SMILES string of the molecule is CCC(CC)(CN)N1C(=O)C2CCC(O2)C1=O. The van der Waals surface area contributed by atoms with Crippen molar-refractivity contribution in [3.8, 4) is 0 Å². The van der Waals surface area contributed by atoms with Gasteiger partial charge in [-0.05, 0) is 25.7 Å². The lowest BCUT2D eigenvalue weighted by atomic mass is 9.89. The quantitative estimate of drug-likeness (QED) is 0.723. The number of imide groups is 1. The maximum atomic E-state index is 12.2. The molecule has 2 fully saturated rings. The van der Waals surface area contributed by atoms with Crippen LogP contribution in [0.2, 0.25) is 0 Å². The first-order chi connectivity index (χ1) is 8.09. The Morgan fingerprint density at radius 1 is 1.24 bits per heavy atom. The minimum absolute atomic E-state index is 0.196. The summed E-state index contributed by atoms with van der Waals surface area (Å²) in [6.07, 6.45) is 1.83. The molecule has 2 bridgehead atoms. The number of morpholine rings is 1. The summed E-state index contributed by atoms with van der Waals surface area (Å²) in [7, 11) is 0.